The number of esters is 1. The first-order valence-electron chi connectivity index (χ1n) is 13.8. The molecule has 12 nitrogen and oxygen atoms in total. The van der Waals surface area contributed by atoms with Crippen LogP contribution >= 0.6 is 12.6 Å². The van der Waals surface area contributed by atoms with Gasteiger partial charge in [-0.25, -0.2) is 14.6 Å². The zero-order valence-corrected chi connectivity index (χ0v) is 23.6. The van der Waals surface area contributed by atoms with Gasteiger partial charge in [0.2, 0.25) is 23.9 Å². The highest BCUT2D eigenvalue weighted by Gasteiger charge is 2.69. The SMILES string of the molecule is C[C@@H]1[C@H](OC(=O)CCC(=O)NCCCC(=O)N[C@H](CS)C(=O)O)O[C@H]2O[C@@]3(C)CC[C@H]4[C@H](C)CC[C@H]1[C@@]24OO3. The van der Waals surface area contributed by atoms with Gasteiger partial charge in [-0.05, 0) is 44.4 Å². The second kappa shape index (κ2) is 12.3. The molecule has 5 fully saturated rings. The summed E-state index contributed by atoms with van der Waals surface area (Å²) in [6.07, 6.45) is 2.13. The summed E-state index contributed by atoms with van der Waals surface area (Å²) in [7, 11) is 0. The third kappa shape index (κ3) is 6.37. The minimum atomic E-state index is -1.16. The molecule has 1 spiro atoms. The highest BCUT2D eigenvalue weighted by atomic mass is 32.1. The zero-order chi connectivity index (χ0) is 28.4. The summed E-state index contributed by atoms with van der Waals surface area (Å²) in [5.74, 6) is -2.93. The first-order valence-corrected chi connectivity index (χ1v) is 14.4. The van der Waals surface area contributed by atoms with E-state index >= 15 is 0 Å². The number of hydrogen-bond donors (Lipinski definition) is 4. The Balaban J connectivity index is 1.23. The second-order valence-corrected chi connectivity index (χ2v) is 11.7. The number of nitrogens with one attached hydrogen (secondary N) is 2. The molecule has 0 aromatic heterocycles. The van der Waals surface area contributed by atoms with Crippen LogP contribution < -0.4 is 10.6 Å². The topological polar surface area (TPSA) is 159 Å². The maximum Gasteiger partial charge on any atom is 0.327 e. The van der Waals surface area contributed by atoms with Gasteiger partial charge >= 0.3 is 11.9 Å². The summed E-state index contributed by atoms with van der Waals surface area (Å²) in [6.45, 7) is 6.26. The van der Waals surface area contributed by atoms with Crippen molar-refractivity contribution in [2.75, 3.05) is 12.3 Å². The number of carboxylic acids is 1. The lowest BCUT2D eigenvalue weighted by atomic mass is 9.58. The fourth-order valence-corrected chi connectivity index (χ4v) is 6.68. The average Bonchev–Trinajstić information content (AvgIpc) is 3.12. The first kappa shape index (κ1) is 30.0. The molecule has 39 heavy (non-hydrogen) atoms. The summed E-state index contributed by atoms with van der Waals surface area (Å²) in [5, 5.41) is 14.0. The molecule has 0 aromatic carbocycles. The van der Waals surface area contributed by atoms with Crippen LogP contribution in [0.2, 0.25) is 0 Å². The molecule has 9 atom stereocenters. The number of aliphatic carboxylic acids is 1. The predicted octanol–water partition coefficient (Wildman–Crippen LogP) is 1.91. The fraction of sp³-hybridized carbons (Fsp3) is 0.846. The second-order valence-electron chi connectivity index (χ2n) is 11.4. The molecular formula is C26H40N2O10S. The quantitative estimate of drug-likeness (QED) is 0.125. The van der Waals surface area contributed by atoms with Crippen molar-refractivity contribution in [3.8, 4) is 0 Å². The number of carbonyl (C=O) groups is 4. The molecule has 5 aliphatic rings. The summed E-state index contributed by atoms with van der Waals surface area (Å²) in [4.78, 5) is 59.5. The molecule has 13 heteroatoms. The molecule has 4 heterocycles. The average molecular weight is 573 g/mol. The number of rotatable bonds is 11. The molecule has 3 N–H and O–H groups in total. The zero-order valence-electron chi connectivity index (χ0n) is 22.7. The molecule has 5 rings (SSSR count). The number of amides is 2. The molecule has 0 aromatic rings. The summed E-state index contributed by atoms with van der Waals surface area (Å²) in [5.41, 5.74) is -0.742. The van der Waals surface area contributed by atoms with Crippen LogP contribution in [0.4, 0.5) is 0 Å². The van der Waals surface area contributed by atoms with Crippen molar-refractivity contribution in [3.63, 3.8) is 0 Å². The van der Waals surface area contributed by atoms with Crippen LogP contribution in [0.25, 0.3) is 0 Å². The van der Waals surface area contributed by atoms with E-state index in [1.54, 1.807) is 0 Å². The largest absolute Gasteiger partial charge is 0.480 e. The monoisotopic (exact) mass is 572 g/mol. The first-order chi connectivity index (χ1) is 18.5. The Bertz CT molecular complexity index is 952. The van der Waals surface area contributed by atoms with Crippen LogP contribution in [0, 0.1) is 23.7 Å². The minimum Gasteiger partial charge on any atom is -0.480 e. The van der Waals surface area contributed by atoms with Gasteiger partial charge in [0.25, 0.3) is 0 Å². The number of carbonyl (C=O) groups excluding carboxylic acids is 3. The third-order valence-corrected chi connectivity index (χ3v) is 8.98. The maximum atomic E-state index is 12.7. The van der Waals surface area contributed by atoms with E-state index in [4.69, 9.17) is 29.1 Å². The summed E-state index contributed by atoms with van der Waals surface area (Å²) < 4.78 is 18.2. The lowest BCUT2D eigenvalue weighted by molar-refractivity contribution is -0.576. The standard InChI is InChI=1S/C26H40N2O10S/c1-14-6-7-17-15(2)23(35-24-26(17)16(14)10-11-25(3,36-24)37-38-26)34-21(31)9-8-19(29)27-12-4-5-20(30)28-18(13-39)22(32)33/h14-18,23-24,39H,4-13H2,1-3H3,(H,27,29)(H,28,30)(H,32,33)/t14-,15+,16+,17-,18-,23-,24+,25-,26-/m1/s1. The Kier molecular flexibility index (Phi) is 9.47. The number of ether oxygens (including phenoxy) is 3. The smallest absolute Gasteiger partial charge is 0.327 e. The molecule has 2 amide bonds. The minimum absolute atomic E-state index is 0.0188. The third-order valence-electron chi connectivity index (χ3n) is 8.62. The molecule has 4 aliphatic heterocycles. The van der Waals surface area contributed by atoms with E-state index in [-0.39, 0.29) is 55.2 Å². The van der Waals surface area contributed by atoms with E-state index in [1.165, 1.54) is 0 Å². The van der Waals surface area contributed by atoms with Crippen LogP contribution in [-0.4, -0.2) is 71.2 Å². The number of fused-ring (bicyclic) bond motifs is 2. The van der Waals surface area contributed by atoms with E-state index in [0.717, 1.165) is 19.3 Å². The van der Waals surface area contributed by atoms with Crippen LogP contribution in [0.3, 0.4) is 0 Å². The van der Waals surface area contributed by atoms with Crippen molar-refractivity contribution in [2.24, 2.45) is 23.7 Å². The summed E-state index contributed by atoms with van der Waals surface area (Å²) >= 11 is 3.89. The molecule has 220 valence electrons. The molecule has 1 aliphatic carbocycles. The van der Waals surface area contributed by atoms with E-state index in [0.29, 0.717) is 18.8 Å². The van der Waals surface area contributed by atoms with Crippen LogP contribution in [-0.2, 0) is 43.2 Å². The van der Waals surface area contributed by atoms with Gasteiger partial charge in [0.1, 0.15) is 6.04 Å². The van der Waals surface area contributed by atoms with Gasteiger partial charge in [0.15, 0.2) is 11.9 Å². The van der Waals surface area contributed by atoms with Gasteiger partial charge in [0, 0.05) is 43.4 Å². The lowest BCUT2D eigenvalue weighted by Crippen LogP contribution is -2.70. The number of thiol groups is 1. The molecule has 2 bridgehead atoms. The van der Waals surface area contributed by atoms with E-state index < -0.39 is 47.9 Å². The van der Waals surface area contributed by atoms with Gasteiger partial charge in [0.05, 0.1) is 6.42 Å². The molecule has 1 saturated carbocycles. The van der Waals surface area contributed by atoms with Crippen LogP contribution in [0.15, 0.2) is 0 Å². The molecule has 0 unspecified atom stereocenters. The molecule has 0 radical (unpaired) electrons. The highest BCUT2D eigenvalue weighted by molar-refractivity contribution is 7.80. The van der Waals surface area contributed by atoms with E-state index in [9.17, 15) is 19.2 Å². The van der Waals surface area contributed by atoms with E-state index in [2.05, 4.69) is 30.2 Å². The van der Waals surface area contributed by atoms with Gasteiger partial charge in [-0.2, -0.15) is 12.6 Å². The van der Waals surface area contributed by atoms with Gasteiger partial charge in [-0.15, -0.1) is 0 Å². The van der Waals surface area contributed by atoms with Crippen LogP contribution in [0.5, 0.6) is 0 Å². The number of hydrogen-bond acceptors (Lipinski definition) is 10. The normalized spacial score (nSPS) is 37.6. The van der Waals surface area contributed by atoms with Crippen LogP contribution in [0.1, 0.15) is 72.1 Å². The van der Waals surface area contributed by atoms with Crippen molar-refractivity contribution < 1.29 is 48.3 Å². The Morgan fingerprint density at radius 2 is 1.82 bits per heavy atom. The van der Waals surface area contributed by atoms with Crippen molar-refractivity contribution in [1.82, 2.24) is 10.6 Å². The Hall–Kier alpha value is -1.93. The Morgan fingerprint density at radius 1 is 1.05 bits per heavy atom. The van der Waals surface area contributed by atoms with Crippen molar-refractivity contribution >= 4 is 36.4 Å². The van der Waals surface area contributed by atoms with Crippen molar-refractivity contribution in [3.05, 3.63) is 0 Å². The van der Waals surface area contributed by atoms with Gasteiger partial charge in [-0.1, -0.05) is 13.8 Å². The highest BCUT2D eigenvalue weighted by Crippen LogP contribution is 2.60. The van der Waals surface area contributed by atoms with Crippen molar-refractivity contribution in [2.45, 2.75) is 102 Å². The number of carboxylic acid groups (broad SMARTS) is 1. The fourth-order valence-electron chi connectivity index (χ4n) is 6.43. The molecular weight excluding hydrogens is 532 g/mol. The Labute approximate surface area is 233 Å². The maximum absolute atomic E-state index is 12.7. The van der Waals surface area contributed by atoms with Gasteiger partial charge < -0.3 is 30.0 Å². The molecule has 4 saturated heterocycles. The van der Waals surface area contributed by atoms with Gasteiger partial charge in [-0.3, -0.25) is 14.4 Å². The van der Waals surface area contributed by atoms with E-state index in [1.807, 2.05) is 13.8 Å². The summed E-state index contributed by atoms with van der Waals surface area (Å²) in [6, 6.07) is -1.06. The Morgan fingerprint density at radius 3 is 2.54 bits per heavy atom. The van der Waals surface area contributed by atoms with Crippen molar-refractivity contribution in [1.29, 1.82) is 0 Å². The lowest BCUT2D eigenvalue weighted by Gasteiger charge is -2.59. The predicted molar refractivity (Wildman–Crippen MR) is 138 cm³/mol.